The number of carbonyl (C=O) groups is 2. The minimum atomic E-state index is -0.662. The van der Waals surface area contributed by atoms with Crippen LogP contribution in [0.3, 0.4) is 0 Å². The first-order chi connectivity index (χ1) is 11.1. The van der Waals surface area contributed by atoms with Crippen molar-refractivity contribution in [2.75, 3.05) is 0 Å². The molecule has 2 heterocycles. The van der Waals surface area contributed by atoms with Crippen molar-refractivity contribution >= 4 is 11.8 Å². The lowest BCUT2D eigenvalue weighted by Crippen LogP contribution is -2.44. The molecule has 7 nitrogen and oxygen atoms in total. The molecule has 0 saturated heterocycles. The third-order valence-electron chi connectivity index (χ3n) is 3.27. The Morgan fingerprint density at radius 1 is 1.26 bits per heavy atom. The number of aryl methyl sites for hydroxylation is 1. The molecule has 0 fully saturated rings. The predicted molar refractivity (Wildman–Crippen MR) is 83.5 cm³/mol. The molecular weight excluding hydrogens is 298 g/mol. The van der Waals surface area contributed by atoms with Gasteiger partial charge in [0.25, 0.3) is 5.56 Å². The van der Waals surface area contributed by atoms with Crippen molar-refractivity contribution in [2.45, 2.75) is 32.5 Å². The number of hydrogen-bond donors (Lipinski definition) is 2. The summed E-state index contributed by atoms with van der Waals surface area (Å²) in [5.41, 5.74) is -0.162. The van der Waals surface area contributed by atoms with E-state index in [9.17, 15) is 14.4 Å². The number of rotatable bonds is 7. The first kappa shape index (κ1) is 16.5. The summed E-state index contributed by atoms with van der Waals surface area (Å²) in [6, 6.07) is 7.63. The minimum absolute atomic E-state index is 0.125. The molecule has 0 aliphatic rings. The van der Waals surface area contributed by atoms with Crippen LogP contribution in [0.2, 0.25) is 0 Å². The van der Waals surface area contributed by atoms with Crippen molar-refractivity contribution < 1.29 is 14.0 Å². The average molecular weight is 317 g/mol. The third-order valence-corrected chi connectivity index (χ3v) is 3.27. The van der Waals surface area contributed by atoms with E-state index in [2.05, 4.69) is 10.6 Å². The molecule has 2 aromatic rings. The van der Waals surface area contributed by atoms with E-state index in [1.165, 1.54) is 16.9 Å². The minimum Gasteiger partial charge on any atom is -0.467 e. The van der Waals surface area contributed by atoms with Gasteiger partial charge in [0.15, 0.2) is 0 Å². The van der Waals surface area contributed by atoms with Gasteiger partial charge in [-0.15, -0.1) is 0 Å². The van der Waals surface area contributed by atoms with Crippen LogP contribution in [0.4, 0.5) is 0 Å². The lowest BCUT2D eigenvalue weighted by Gasteiger charge is -2.14. The highest BCUT2D eigenvalue weighted by Gasteiger charge is 2.15. The Labute approximate surface area is 133 Å². The molecule has 0 spiro atoms. The molecule has 2 rings (SSSR count). The Morgan fingerprint density at radius 2 is 2.09 bits per heavy atom. The van der Waals surface area contributed by atoms with Crippen LogP contribution in [-0.2, 0) is 22.7 Å². The highest BCUT2D eigenvalue weighted by molar-refractivity contribution is 5.87. The topological polar surface area (TPSA) is 93.3 Å². The average Bonchev–Trinajstić information content (AvgIpc) is 3.05. The van der Waals surface area contributed by atoms with E-state index in [-0.39, 0.29) is 36.9 Å². The molecule has 0 saturated carbocycles. The standard InChI is InChI=1S/C16H19N3O4/c1-12(16(22)17-11-13-5-4-10-23-13)18-14(20)7-9-19-8-3-2-6-15(19)21/h2-6,8,10,12H,7,9,11H2,1H3,(H,17,22)(H,18,20). The molecule has 0 radical (unpaired) electrons. The zero-order valence-corrected chi connectivity index (χ0v) is 12.8. The summed E-state index contributed by atoms with van der Waals surface area (Å²) >= 11 is 0. The maximum absolute atomic E-state index is 11.9. The van der Waals surface area contributed by atoms with Gasteiger partial charge in [0.2, 0.25) is 11.8 Å². The van der Waals surface area contributed by atoms with Gasteiger partial charge in [-0.1, -0.05) is 6.07 Å². The number of furan rings is 1. The normalized spacial score (nSPS) is 11.7. The quantitative estimate of drug-likeness (QED) is 0.784. The van der Waals surface area contributed by atoms with Gasteiger partial charge < -0.3 is 19.6 Å². The SMILES string of the molecule is CC(NC(=O)CCn1ccccc1=O)C(=O)NCc1ccco1. The van der Waals surface area contributed by atoms with Gasteiger partial charge in [-0.25, -0.2) is 0 Å². The number of pyridine rings is 1. The molecule has 122 valence electrons. The predicted octanol–water partition coefficient (Wildman–Crippen LogP) is 0.653. The summed E-state index contributed by atoms with van der Waals surface area (Å²) in [6.45, 7) is 2.14. The molecule has 2 N–H and O–H groups in total. The van der Waals surface area contributed by atoms with Gasteiger partial charge in [-0.3, -0.25) is 14.4 Å². The molecule has 23 heavy (non-hydrogen) atoms. The van der Waals surface area contributed by atoms with Crippen LogP contribution >= 0.6 is 0 Å². The van der Waals surface area contributed by atoms with Gasteiger partial charge in [0, 0.05) is 25.2 Å². The Bertz CT molecular complexity index is 706. The largest absolute Gasteiger partial charge is 0.467 e. The van der Waals surface area contributed by atoms with Crippen LogP contribution in [0, 0.1) is 0 Å². The zero-order valence-electron chi connectivity index (χ0n) is 12.8. The van der Waals surface area contributed by atoms with Crippen LogP contribution in [0.5, 0.6) is 0 Å². The molecule has 1 atom stereocenters. The van der Waals surface area contributed by atoms with Crippen LogP contribution in [-0.4, -0.2) is 22.4 Å². The van der Waals surface area contributed by atoms with E-state index in [0.29, 0.717) is 5.76 Å². The monoisotopic (exact) mass is 317 g/mol. The smallest absolute Gasteiger partial charge is 0.250 e. The second kappa shape index (κ2) is 7.98. The number of hydrogen-bond acceptors (Lipinski definition) is 4. The number of nitrogens with zero attached hydrogens (tertiary/aromatic N) is 1. The van der Waals surface area contributed by atoms with Crippen LogP contribution in [0.1, 0.15) is 19.1 Å². The maximum Gasteiger partial charge on any atom is 0.250 e. The molecule has 0 bridgehead atoms. The molecule has 0 aromatic carbocycles. The number of nitrogens with one attached hydrogen (secondary N) is 2. The molecule has 7 heteroatoms. The van der Waals surface area contributed by atoms with Crippen LogP contribution in [0.15, 0.2) is 52.0 Å². The highest BCUT2D eigenvalue weighted by Crippen LogP contribution is 1.99. The van der Waals surface area contributed by atoms with Gasteiger partial charge in [-0.05, 0) is 25.1 Å². The van der Waals surface area contributed by atoms with Crippen molar-refractivity contribution in [1.82, 2.24) is 15.2 Å². The van der Waals surface area contributed by atoms with Crippen molar-refractivity contribution in [3.63, 3.8) is 0 Å². The van der Waals surface area contributed by atoms with Gasteiger partial charge in [0.1, 0.15) is 11.8 Å². The summed E-state index contributed by atoms with van der Waals surface area (Å²) in [7, 11) is 0. The van der Waals surface area contributed by atoms with Gasteiger partial charge >= 0.3 is 0 Å². The maximum atomic E-state index is 11.9. The van der Waals surface area contributed by atoms with Crippen molar-refractivity contribution in [1.29, 1.82) is 0 Å². The van der Waals surface area contributed by atoms with E-state index in [4.69, 9.17) is 4.42 Å². The number of carbonyl (C=O) groups excluding carboxylic acids is 2. The summed E-state index contributed by atoms with van der Waals surface area (Å²) in [5, 5.41) is 5.27. The summed E-state index contributed by atoms with van der Waals surface area (Å²) in [4.78, 5) is 35.2. The fourth-order valence-corrected chi connectivity index (χ4v) is 1.99. The summed E-state index contributed by atoms with van der Waals surface area (Å²) in [5.74, 6) is 0.0494. The molecule has 0 aliphatic carbocycles. The lowest BCUT2D eigenvalue weighted by atomic mass is 10.2. The zero-order chi connectivity index (χ0) is 16.7. The summed E-state index contributed by atoms with van der Waals surface area (Å²) < 4.78 is 6.55. The summed E-state index contributed by atoms with van der Waals surface area (Å²) in [6.07, 6.45) is 3.27. The fraction of sp³-hybridized carbons (Fsp3) is 0.312. The Kier molecular flexibility index (Phi) is 5.74. The van der Waals surface area contributed by atoms with Crippen LogP contribution in [0.25, 0.3) is 0 Å². The van der Waals surface area contributed by atoms with E-state index in [0.717, 1.165) is 0 Å². The van der Waals surface area contributed by atoms with E-state index < -0.39 is 6.04 Å². The number of amides is 2. The molecule has 2 aromatic heterocycles. The van der Waals surface area contributed by atoms with E-state index in [1.54, 1.807) is 37.4 Å². The van der Waals surface area contributed by atoms with Crippen molar-refractivity contribution in [3.05, 3.63) is 58.9 Å². The highest BCUT2D eigenvalue weighted by atomic mass is 16.3. The second-order valence-electron chi connectivity index (χ2n) is 5.07. The molecule has 2 amide bonds. The van der Waals surface area contributed by atoms with Crippen molar-refractivity contribution in [2.24, 2.45) is 0 Å². The van der Waals surface area contributed by atoms with Gasteiger partial charge in [0.05, 0.1) is 12.8 Å². The Morgan fingerprint density at radius 3 is 2.78 bits per heavy atom. The first-order valence-electron chi connectivity index (χ1n) is 7.31. The fourth-order valence-electron chi connectivity index (χ4n) is 1.99. The Balaban J connectivity index is 1.74. The Hall–Kier alpha value is -2.83. The molecular formula is C16H19N3O4. The van der Waals surface area contributed by atoms with Gasteiger partial charge in [-0.2, -0.15) is 0 Å². The second-order valence-corrected chi connectivity index (χ2v) is 5.07. The lowest BCUT2D eigenvalue weighted by molar-refractivity contribution is -0.128. The van der Waals surface area contributed by atoms with E-state index >= 15 is 0 Å². The van der Waals surface area contributed by atoms with E-state index in [1.807, 2.05) is 0 Å². The number of aromatic nitrogens is 1. The third kappa shape index (κ3) is 5.14. The van der Waals surface area contributed by atoms with Crippen molar-refractivity contribution in [3.8, 4) is 0 Å². The first-order valence-corrected chi connectivity index (χ1v) is 7.31. The molecule has 0 aliphatic heterocycles. The molecule has 1 unspecified atom stereocenters. The van der Waals surface area contributed by atoms with Crippen LogP contribution < -0.4 is 16.2 Å².